The summed E-state index contributed by atoms with van der Waals surface area (Å²) in [6.07, 6.45) is 3.61. The molecule has 3 saturated heterocycles. The molecule has 3 aromatic carbocycles. The fraction of sp³-hybridized carbons (Fsp3) is 0.356. The monoisotopic (exact) mass is 883 g/mol. The Bertz CT molecular complexity index is 2760. The number of aromatic amines is 1. The van der Waals surface area contributed by atoms with E-state index in [1.165, 1.54) is 11.1 Å². The Hall–Kier alpha value is -5.95. The number of pyridine rings is 1. The molecule has 4 N–H and O–H groups in total. The molecule has 0 unspecified atom stereocenters. The van der Waals surface area contributed by atoms with Crippen molar-refractivity contribution in [2.45, 2.75) is 69.3 Å². The number of halogens is 3. The van der Waals surface area contributed by atoms with E-state index in [4.69, 9.17) is 0 Å². The molecule has 0 aliphatic carbocycles. The van der Waals surface area contributed by atoms with Gasteiger partial charge in [0.2, 0.25) is 17.6 Å². The molecule has 3 atom stereocenters. The second kappa shape index (κ2) is 17.0. The number of β-amino-alcohol motifs (C(OH)–C–C–N with tert-alkyl or cyclic N) is 1. The summed E-state index contributed by atoms with van der Waals surface area (Å²) < 4.78 is 73.0. The topological polar surface area (TPSA) is 185 Å². The molecule has 3 fully saturated rings. The van der Waals surface area contributed by atoms with Gasteiger partial charge in [-0.25, -0.2) is 18.2 Å². The van der Waals surface area contributed by atoms with Crippen molar-refractivity contribution >= 4 is 50.4 Å². The normalized spacial score (nSPS) is 20.6. The number of likely N-dealkylation sites (tertiary alicyclic amines) is 1. The third-order valence-electron chi connectivity index (χ3n) is 12.6. The van der Waals surface area contributed by atoms with Crippen molar-refractivity contribution in [3.05, 3.63) is 118 Å². The summed E-state index contributed by atoms with van der Waals surface area (Å²) in [6, 6.07) is 16.2. The number of carbonyl (C=O) groups is 4. The molecule has 2 aromatic heterocycles. The molecule has 5 aromatic rings. The molecule has 328 valence electrons. The number of rotatable bonds is 12. The Labute approximate surface area is 360 Å². The fourth-order valence-electron chi connectivity index (χ4n) is 9.22. The van der Waals surface area contributed by atoms with Gasteiger partial charge in [0.05, 0.1) is 17.4 Å². The second-order valence-electron chi connectivity index (χ2n) is 16.7. The van der Waals surface area contributed by atoms with Crippen LogP contribution in [0.25, 0.3) is 22.2 Å². The highest BCUT2D eigenvalue weighted by Gasteiger charge is 2.39. The van der Waals surface area contributed by atoms with Gasteiger partial charge in [0.15, 0.2) is 5.82 Å². The van der Waals surface area contributed by atoms with Gasteiger partial charge in [0, 0.05) is 67.1 Å². The quantitative estimate of drug-likeness (QED) is 0.0991. The van der Waals surface area contributed by atoms with E-state index in [0.717, 1.165) is 64.6 Å². The number of benzene rings is 3. The van der Waals surface area contributed by atoms with Gasteiger partial charge in [0.1, 0.15) is 23.7 Å². The van der Waals surface area contributed by atoms with E-state index in [0.29, 0.717) is 47.5 Å². The number of carbonyl (C=O) groups excluding carboxylic acids is 4. The number of piperidine rings is 2. The largest absolute Gasteiger partial charge is 0.391 e. The highest BCUT2D eigenvalue weighted by Crippen LogP contribution is 2.34. The summed E-state index contributed by atoms with van der Waals surface area (Å²) in [6.45, 7) is 1.86. The average Bonchev–Trinajstić information content (AvgIpc) is 3.99. The zero-order valence-electron chi connectivity index (χ0n) is 34.0. The summed E-state index contributed by atoms with van der Waals surface area (Å²) in [5.41, 5.74) is 3.51. The predicted octanol–water partition coefficient (Wildman–Crippen LogP) is 4.98. The van der Waals surface area contributed by atoms with E-state index >= 15 is 8.78 Å². The van der Waals surface area contributed by atoms with Crippen LogP contribution in [0.15, 0.2) is 73.1 Å². The third kappa shape index (κ3) is 8.47. The molecule has 4 aliphatic rings. The molecule has 0 radical (unpaired) electrons. The maximum absolute atomic E-state index is 15.7. The third-order valence-corrected chi connectivity index (χ3v) is 14.1. The number of ketones is 1. The minimum absolute atomic E-state index is 0.00406. The van der Waals surface area contributed by atoms with E-state index in [9.17, 15) is 37.1 Å². The number of nitrogens with zero attached hydrogens (tertiary/aromatic N) is 4. The Morgan fingerprint density at radius 1 is 0.952 bits per heavy atom. The number of hydrogen-bond donors (Lipinski definition) is 4. The van der Waals surface area contributed by atoms with Gasteiger partial charge in [-0.2, -0.15) is 12.7 Å². The number of amides is 3. The van der Waals surface area contributed by atoms with E-state index < -0.39 is 69.6 Å². The molecule has 63 heavy (non-hydrogen) atoms. The number of anilines is 1. The summed E-state index contributed by atoms with van der Waals surface area (Å²) in [7, 11) is -4.36. The lowest BCUT2D eigenvalue weighted by Crippen LogP contribution is -2.52. The highest BCUT2D eigenvalue weighted by molar-refractivity contribution is 7.90. The van der Waals surface area contributed by atoms with Gasteiger partial charge in [0.25, 0.3) is 5.91 Å². The van der Waals surface area contributed by atoms with Crippen LogP contribution in [0.2, 0.25) is 0 Å². The van der Waals surface area contributed by atoms with Crippen LogP contribution in [-0.2, 0) is 32.8 Å². The lowest BCUT2D eigenvalue weighted by atomic mass is 9.88. The molecule has 14 nitrogen and oxygen atoms in total. The van der Waals surface area contributed by atoms with Crippen LogP contribution < -0.4 is 10.0 Å². The van der Waals surface area contributed by atoms with E-state index in [-0.39, 0.29) is 43.3 Å². The smallest absolute Gasteiger partial charge is 0.301 e. The number of aliphatic hydroxyl groups is 1. The number of H-pyrrole nitrogens is 1. The molecule has 0 bridgehead atoms. The summed E-state index contributed by atoms with van der Waals surface area (Å²) in [5, 5.41) is 13.7. The molecular weight excluding hydrogens is 840 g/mol. The number of aromatic nitrogens is 2. The van der Waals surface area contributed by atoms with Crippen LogP contribution in [0.1, 0.15) is 81.0 Å². The fourth-order valence-corrected chi connectivity index (χ4v) is 10.5. The Balaban J connectivity index is 0.809. The Morgan fingerprint density at radius 3 is 2.46 bits per heavy atom. The van der Waals surface area contributed by atoms with Crippen LogP contribution in [0, 0.1) is 11.6 Å². The van der Waals surface area contributed by atoms with Crippen molar-refractivity contribution in [3.8, 4) is 11.1 Å². The Kier molecular flexibility index (Phi) is 11.4. The molecule has 0 saturated carbocycles. The highest BCUT2D eigenvalue weighted by atomic mass is 32.2. The SMILES string of the molecule is O=C1CC[C@@H](N2Cc3cc(C[C@@H](O)CN4CCC(c5ccc(-c6cnc7[nH]cc(C(=O)c8c(F)ccc(NS(=O)(=O)N9CC[C@@H](F)C9)c8F)c7c6)cc5)CC4)ccc3C2=O)C(=O)N1. The van der Waals surface area contributed by atoms with Crippen molar-refractivity contribution < 1.29 is 45.9 Å². The molecule has 18 heteroatoms. The standard InChI is InChI=1S/C45H44F3N7O7S/c46-31-13-16-54(23-31)63(61,62)52-37-8-7-36(47)40(41(37)48)42(58)35-21-50-43-34(35)19-29(20-49-43)27-4-2-26(3-5-27)28-11-14-53(15-12-28)24-32(56)18-25-1-6-33-30(17-25)22-55(45(33)60)38-9-10-39(57)51-44(38)59/h1-8,17,19-21,28,31-32,38,52,56H,9-16,18,22-24H2,(H,49,50)(H,51,57,59)/t31-,32-,38-/m1/s1. The average molecular weight is 884 g/mol. The first-order valence-electron chi connectivity index (χ1n) is 20.9. The zero-order chi connectivity index (χ0) is 44.2. The van der Waals surface area contributed by atoms with E-state index in [2.05, 4.69) is 20.2 Å². The zero-order valence-corrected chi connectivity index (χ0v) is 34.8. The van der Waals surface area contributed by atoms with Crippen LogP contribution in [0.3, 0.4) is 0 Å². The number of alkyl halides is 1. The van der Waals surface area contributed by atoms with Crippen molar-refractivity contribution in [2.24, 2.45) is 0 Å². The van der Waals surface area contributed by atoms with Crippen LogP contribution in [-0.4, -0.2) is 112 Å². The van der Waals surface area contributed by atoms with Crippen molar-refractivity contribution in [3.63, 3.8) is 0 Å². The van der Waals surface area contributed by atoms with Crippen LogP contribution >= 0.6 is 0 Å². The first-order chi connectivity index (χ1) is 30.2. The van der Waals surface area contributed by atoms with Gasteiger partial charge in [-0.15, -0.1) is 0 Å². The summed E-state index contributed by atoms with van der Waals surface area (Å²) in [5.74, 6) is -4.31. The summed E-state index contributed by atoms with van der Waals surface area (Å²) >= 11 is 0. The number of aliphatic hydroxyl groups excluding tert-OH is 1. The van der Waals surface area contributed by atoms with Gasteiger partial charge < -0.3 is 19.9 Å². The van der Waals surface area contributed by atoms with Gasteiger partial charge >= 0.3 is 10.2 Å². The number of imide groups is 1. The molecule has 4 aliphatic heterocycles. The van der Waals surface area contributed by atoms with Crippen molar-refractivity contribution in [1.82, 2.24) is 29.4 Å². The molecule has 3 amide bonds. The van der Waals surface area contributed by atoms with E-state index in [1.807, 2.05) is 41.1 Å². The van der Waals surface area contributed by atoms with Crippen LogP contribution in [0.5, 0.6) is 0 Å². The van der Waals surface area contributed by atoms with Crippen molar-refractivity contribution in [2.75, 3.05) is 37.4 Å². The number of fused-ring (bicyclic) bond motifs is 2. The molecule has 0 spiro atoms. The molecular formula is C45H44F3N7O7S. The number of nitrogens with one attached hydrogen (secondary N) is 3. The molecule has 6 heterocycles. The minimum Gasteiger partial charge on any atom is -0.391 e. The lowest BCUT2D eigenvalue weighted by molar-refractivity contribution is -0.136. The molecule has 9 rings (SSSR count). The Morgan fingerprint density at radius 2 is 1.73 bits per heavy atom. The maximum Gasteiger partial charge on any atom is 0.301 e. The first kappa shape index (κ1) is 42.4. The second-order valence-corrected chi connectivity index (χ2v) is 18.4. The van der Waals surface area contributed by atoms with Crippen molar-refractivity contribution in [1.29, 1.82) is 0 Å². The first-order valence-corrected chi connectivity index (χ1v) is 22.4. The van der Waals surface area contributed by atoms with E-state index in [1.54, 1.807) is 18.3 Å². The predicted molar refractivity (Wildman–Crippen MR) is 226 cm³/mol. The van der Waals surface area contributed by atoms with Gasteiger partial charge in [-0.1, -0.05) is 36.4 Å². The lowest BCUT2D eigenvalue weighted by Gasteiger charge is -2.33. The summed E-state index contributed by atoms with van der Waals surface area (Å²) in [4.78, 5) is 61.9. The van der Waals surface area contributed by atoms with Gasteiger partial charge in [-0.05, 0) is 97.6 Å². The maximum atomic E-state index is 15.7. The van der Waals surface area contributed by atoms with Gasteiger partial charge in [-0.3, -0.25) is 29.2 Å². The van der Waals surface area contributed by atoms with Crippen LogP contribution in [0.4, 0.5) is 18.9 Å². The number of hydrogen-bond acceptors (Lipinski definition) is 9. The minimum atomic E-state index is -4.36.